The molecule has 2 aliphatic rings. The molecule has 1 aromatic rings. The van der Waals surface area contributed by atoms with Crippen molar-refractivity contribution in [3.05, 3.63) is 29.3 Å². The number of rotatable bonds is 4. The van der Waals surface area contributed by atoms with Crippen molar-refractivity contribution in [3.8, 4) is 5.75 Å². The zero-order valence-corrected chi connectivity index (χ0v) is 12.7. The van der Waals surface area contributed by atoms with Crippen LogP contribution in [0.15, 0.2) is 18.2 Å². The van der Waals surface area contributed by atoms with Gasteiger partial charge in [-0.3, -0.25) is 0 Å². The third-order valence-electron chi connectivity index (χ3n) is 4.98. The maximum atomic E-state index is 5.59. The molecular formula is C18H27NO. The van der Waals surface area contributed by atoms with Crippen LogP contribution in [-0.4, -0.2) is 19.7 Å². The Morgan fingerprint density at radius 1 is 1.10 bits per heavy atom. The number of benzene rings is 1. The first kappa shape index (κ1) is 13.9. The van der Waals surface area contributed by atoms with Crippen LogP contribution in [-0.2, 0) is 6.42 Å². The van der Waals surface area contributed by atoms with Crippen molar-refractivity contribution in [2.45, 2.75) is 63.3 Å². The van der Waals surface area contributed by atoms with E-state index in [0.717, 1.165) is 11.7 Å². The number of piperidine rings is 1. The van der Waals surface area contributed by atoms with Gasteiger partial charge in [0.1, 0.15) is 5.75 Å². The fourth-order valence-corrected chi connectivity index (χ4v) is 3.85. The third kappa shape index (κ3) is 3.17. The van der Waals surface area contributed by atoms with E-state index in [4.69, 9.17) is 4.74 Å². The lowest BCUT2D eigenvalue weighted by Crippen LogP contribution is -2.35. The minimum absolute atomic E-state index is 0.675. The number of ether oxygens (including phenoxy) is 1. The third-order valence-corrected chi connectivity index (χ3v) is 4.98. The van der Waals surface area contributed by atoms with Crippen molar-refractivity contribution in [2.24, 2.45) is 0 Å². The predicted octanol–water partition coefficient (Wildman–Crippen LogP) is 4.04. The number of nitrogens with one attached hydrogen (secondary N) is 1. The average molecular weight is 273 g/mol. The van der Waals surface area contributed by atoms with Gasteiger partial charge < -0.3 is 10.1 Å². The van der Waals surface area contributed by atoms with Crippen molar-refractivity contribution in [2.75, 3.05) is 13.7 Å². The monoisotopic (exact) mass is 273 g/mol. The van der Waals surface area contributed by atoms with Gasteiger partial charge >= 0.3 is 0 Å². The van der Waals surface area contributed by atoms with Gasteiger partial charge in [-0.15, -0.1) is 0 Å². The van der Waals surface area contributed by atoms with Gasteiger partial charge in [0.05, 0.1) is 7.11 Å². The predicted molar refractivity (Wildman–Crippen MR) is 83.5 cm³/mol. The molecule has 0 bridgehead atoms. The van der Waals surface area contributed by atoms with Crippen molar-refractivity contribution in [1.29, 1.82) is 0 Å². The maximum absolute atomic E-state index is 5.59. The van der Waals surface area contributed by atoms with Crippen LogP contribution in [0.3, 0.4) is 0 Å². The SMILES string of the molecule is COc1ccc(CC2CCCCN2)cc1C1CCCC1. The lowest BCUT2D eigenvalue weighted by molar-refractivity contribution is 0.396. The molecule has 1 N–H and O–H groups in total. The Morgan fingerprint density at radius 2 is 1.90 bits per heavy atom. The van der Waals surface area contributed by atoms with E-state index in [2.05, 4.69) is 23.5 Å². The lowest BCUT2D eigenvalue weighted by atomic mass is 9.91. The molecule has 0 radical (unpaired) electrons. The van der Waals surface area contributed by atoms with Crippen molar-refractivity contribution >= 4 is 0 Å². The van der Waals surface area contributed by atoms with E-state index in [0.29, 0.717) is 6.04 Å². The van der Waals surface area contributed by atoms with Gasteiger partial charge in [0.2, 0.25) is 0 Å². The summed E-state index contributed by atoms with van der Waals surface area (Å²) in [6.07, 6.45) is 10.6. The van der Waals surface area contributed by atoms with Gasteiger partial charge in [-0.05, 0) is 61.8 Å². The topological polar surface area (TPSA) is 21.3 Å². The minimum Gasteiger partial charge on any atom is -0.496 e. The Labute approximate surface area is 122 Å². The Kier molecular flexibility index (Phi) is 4.62. The highest BCUT2D eigenvalue weighted by molar-refractivity contribution is 5.40. The van der Waals surface area contributed by atoms with Crippen LogP contribution >= 0.6 is 0 Å². The molecule has 0 spiro atoms. The normalized spacial score (nSPS) is 23.9. The van der Waals surface area contributed by atoms with Crippen LogP contribution in [0, 0.1) is 0 Å². The van der Waals surface area contributed by atoms with Crippen molar-refractivity contribution in [1.82, 2.24) is 5.32 Å². The molecule has 0 amide bonds. The summed E-state index contributed by atoms with van der Waals surface area (Å²) in [7, 11) is 1.80. The van der Waals surface area contributed by atoms with E-state index in [1.54, 1.807) is 7.11 Å². The van der Waals surface area contributed by atoms with Gasteiger partial charge in [0, 0.05) is 6.04 Å². The summed E-state index contributed by atoms with van der Waals surface area (Å²) in [6.45, 7) is 1.19. The molecule has 0 aromatic heterocycles. The molecule has 110 valence electrons. The van der Waals surface area contributed by atoms with E-state index < -0.39 is 0 Å². The summed E-state index contributed by atoms with van der Waals surface area (Å²) in [5.74, 6) is 1.82. The molecule has 1 aromatic carbocycles. The largest absolute Gasteiger partial charge is 0.496 e. The summed E-state index contributed by atoms with van der Waals surface area (Å²) >= 11 is 0. The minimum atomic E-state index is 0.675. The van der Waals surface area contributed by atoms with E-state index >= 15 is 0 Å². The van der Waals surface area contributed by atoms with E-state index in [1.165, 1.54) is 69.0 Å². The second kappa shape index (κ2) is 6.62. The molecule has 2 nitrogen and oxygen atoms in total. The molecule has 3 rings (SSSR count). The first-order chi connectivity index (χ1) is 9.86. The smallest absolute Gasteiger partial charge is 0.122 e. The summed E-state index contributed by atoms with van der Waals surface area (Å²) in [6, 6.07) is 7.54. The molecule has 1 saturated heterocycles. The lowest BCUT2D eigenvalue weighted by Gasteiger charge is -2.24. The van der Waals surface area contributed by atoms with E-state index in [-0.39, 0.29) is 0 Å². The quantitative estimate of drug-likeness (QED) is 0.894. The van der Waals surface area contributed by atoms with Gasteiger partial charge in [-0.2, -0.15) is 0 Å². The van der Waals surface area contributed by atoms with Gasteiger partial charge in [0.15, 0.2) is 0 Å². The van der Waals surface area contributed by atoms with Crippen molar-refractivity contribution < 1.29 is 4.74 Å². The first-order valence-corrected chi connectivity index (χ1v) is 8.27. The zero-order chi connectivity index (χ0) is 13.8. The first-order valence-electron chi connectivity index (χ1n) is 8.27. The average Bonchev–Trinajstić information content (AvgIpc) is 3.02. The molecule has 1 unspecified atom stereocenters. The van der Waals surface area contributed by atoms with Gasteiger partial charge in [-0.25, -0.2) is 0 Å². The zero-order valence-electron chi connectivity index (χ0n) is 12.7. The molecule has 1 aliphatic heterocycles. The molecular weight excluding hydrogens is 246 g/mol. The molecule has 1 heterocycles. The fourth-order valence-electron chi connectivity index (χ4n) is 3.85. The maximum Gasteiger partial charge on any atom is 0.122 e. The molecule has 2 heteroatoms. The van der Waals surface area contributed by atoms with Crippen LogP contribution in [0.25, 0.3) is 0 Å². The Balaban J connectivity index is 1.75. The Hall–Kier alpha value is -1.02. The molecule has 1 saturated carbocycles. The summed E-state index contributed by atoms with van der Waals surface area (Å²) in [4.78, 5) is 0. The molecule has 1 atom stereocenters. The van der Waals surface area contributed by atoms with Gasteiger partial charge in [-0.1, -0.05) is 31.4 Å². The standard InChI is InChI=1S/C18H27NO/c1-20-18-10-9-14(12-16-8-4-5-11-19-16)13-17(18)15-6-2-3-7-15/h9-10,13,15-16,19H,2-8,11-12H2,1H3. The highest BCUT2D eigenvalue weighted by Crippen LogP contribution is 2.39. The van der Waals surface area contributed by atoms with Crippen LogP contribution in [0.4, 0.5) is 0 Å². The van der Waals surface area contributed by atoms with Crippen molar-refractivity contribution in [3.63, 3.8) is 0 Å². The summed E-state index contributed by atoms with van der Waals surface area (Å²) in [5, 5.41) is 3.65. The number of hydrogen-bond donors (Lipinski definition) is 1. The highest BCUT2D eigenvalue weighted by Gasteiger charge is 2.21. The molecule has 1 aliphatic carbocycles. The Bertz CT molecular complexity index is 431. The highest BCUT2D eigenvalue weighted by atomic mass is 16.5. The van der Waals surface area contributed by atoms with Crippen LogP contribution in [0.1, 0.15) is 62.0 Å². The summed E-state index contributed by atoms with van der Waals surface area (Å²) in [5.41, 5.74) is 2.94. The molecule has 2 fully saturated rings. The van der Waals surface area contributed by atoms with Gasteiger partial charge in [0.25, 0.3) is 0 Å². The second-order valence-electron chi connectivity index (χ2n) is 6.41. The fraction of sp³-hybridized carbons (Fsp3) is 0.667. The Morgan fingerprint density at radius 3 is 2.60 bits per heavy atom. The van der Waals surface area contributed by atoms with Crippen LogP contribution < -0.4 is 10.1 Å². The molecule has 20 heavy (non-hydrogen) atoms. The second-order valence-corrected chi connectivity index (χ2v) is 6.41. The summed E-state index contributed by atoms with van der Waals surface area (Å²) < 4.78 is 5.59. The van der Waals surface area contributed by atoms with E-state index in [9.17, 15) is 0 Å². The number of methoxy groups -OCH3 is 1. The van der Waals surface area contributed by atoms with Crippen LogP contribution in [0.5, 0.6) is 5.75 Å². The van der Waals surface area contributed by atoms with E-state index in [1.807, 2.05) is 0 Å². The van der Waals surface area contributed by atoms with Crippen LogP contribution in [0.2, 0.25) is 0 Å². The number of hydrogen-bond acceptors (Lipinski definition) is 2.